The fourth-order valence-electron chi connectivity index (χ4n) is 1.09. The first kappa shape index (κ1) is 16.4. The molecule has 0 bridgehead atoms. The Balaban J connectivity index is 3.99. The second-order valence-electron chi connectivity index (χ2n) is 3.59. The second kappa shape index (κ2) is 8.45. The van der Waals surface area contributed by atoms with Crippen LogP contribution in [0.4, 0.5) is 4.79 Å². The van der Waals surface area contributed by atoms with E-state index in [1.54, 1.807) is 6.26 Å². The van der Waals surface area contributed by atoms with E-state index in [1.165, 1.54) is 0 Å². The molecule has 2 unspecified atom stereocenters. The van der Waals surface area contributed by atoms with Gasteiger partial charge in [-0.05, 0) is 6.42 Å². The summed E-state index contributed by atoms with van der Waals surface area (Å²) in [5, 5.41) is 13.2. The molecule has 104 valence electrons. The summed E-state index contributed by atoms with van der Waals surface area (Å²) in [4.78, 5) is 32.6. The highest BCUT2D eigenvalue weighted by Crippen LogP contribution is 1.91. The number of primary amides is 1. The molecule has 0 aliphatic carbocycles. The van der Waals surface area contributed by atoms with Crippen molar-refractivity contribution in [1.29, 1.82) is 0 Å². The van der Waals surface area contributed by atoms with Crippen LogP contribution in [0.15, 0.2) is 0 Å². The first-order valence-electron chi connectivity index (χ1n) is 5.18. The van der Waals surface area contributed by atoms with Crippen LogP contribution in [0.1, 0.15) is 12.8 Å². The summed E-state index contributed by atoms with van der Waals surface area (Å²) in [7, 11) is -0.933. The Morgan fingerprint density at radius 1 is 1.39 bits per heavy atom. The van der Waals surface area contributed by atoms with Crippen molar-refractivity contribution in [3.8, 4) is 0 Å². The Hall–Kier alpha value is -1.64. The number of carbonyl (C=O) groups excluding carboxylic acids is 2. The lowest BCUT2D eigenvalue weighted by Crippen LogP contribution is -2.47. The first-order chi connectivity index (χ1) is 8.32. The molecule has 0 saturated heterocycles. The van der Waals surface area contributed by atoms with E-state index in [0.29, 0.717) is 12.2 Å². The summed E-state index contributed by atoms with van der Waals surface area (Å²) in [5.74, 6) is -1.70. The molecule has 5 N–H and O–H groups in total. The van der Waals surface area contributed by atoms with Crippen molar-refractivity contribution in [2.24, 2.45) is 5.73 Å². The summed E-state index contributed by atoms with van der Waals surface area (Å²) in [6, 6.07) is -2.05. The van der Waals surface area contributed by atoms with E-state index in [0.717, 1.165) is 0 Å². The predicted octanol–water partition coefficient (Wildman–Crippen LogP) is -1.62. The minimum atomic E-state index is -1.34. The second-order valence-corrected chi connectivity index (χ2v) is 5.15. The van der Waals surface area contributed by atoms with Gasteiger partial charge in [-0.3, -0.25) is 9.00 Å². The van der Waals surface area contributed by atoms with Gasteiger partial charge >= 0.3 is 12.0 Å². The zero-order chi connectivity index (χ0) is 14.1. The predicted molar refractivity (Wildman–Crippen MR) is 65.3 cm³/mol. The van der Waals surface area contributed by atoms with E-state index in [9.17, 15) is 18.6 Å². The van der Waals surface area contributed by atoms with Crippen LogP contribution < -0.4 is 16.4 Å². The maximum atomic E-state index is 11.3. The van der Waals surface area contributed by atoms with Gasteiger partial charge < -0.3 is 21.5 Å². The van der Waals surface area contributed by atoms with Crippen LogP contribution in [0.2, 0.25) is 0 Å². The highest BCUT2D eigenvalue weighted by molar-refractivity contribution is 7.84. The molecule has 0 aromatic carbocycles. The molecule has 0 aliphatic heterocycles. The maximum absolute atomic E-state index is 11.3. The third-order valence-corrected chi connectivity index (χ3v) is 2.77. The molecule has 0 aromatic heterocycles. The van der Waals surface area contributed by atoms with Crippen LogP contribution in [-0.4, -0.2) is 51.8 Å². The van der Waals surface area contributed by atoms with Crippen molar-refractivity contribution in [1.82, 2.24) is 10.6 Å². The maximum Gasteiger partial charge on any atom is 0.326 e. The molecule has 0 spiro atoms. The quantitative estimate of drug-likeness (QED) is 0.396. The van der Waals surface area contributed by atoms with Crippen LogP contribution in [-0.2, 0) is 20.4 Å². The Kier molecular flexibility index (Phi) is 7.68. The lowest BCUT2D eigenvalue weighted by atomic mass is 10.2. The third kappa shape index (κ3) is 8.50. The van der Waals surface area contributed by atoms with Gasteiger partial charge in [0.1, 0.15) is 6.04 Å². The highest BCUT2D eigenvalue weighted by atomic mass is 32.2. The molecule has 0 saturated carbocycles. The third-order valence-electron chi connectivity index (χ3n) is 1.90. The minimum absolute atomic E-state index is 0.272. The van der Waals surface area contributed by atoms with Crippen LogP contribution >= 0.6 is 0 Å². The molecule has 8 nitrogen and oxygen atoms in total. The zero-order valence-corrected chi connectivity index (χ0v) is 10.8. The van der Waals surface area contributed by atoms with Crippen LogP contribution in [0, 0.1) is 0 Å². The van der Waals surface area contributed by atoms with Gasteiger partial charge in [0.15, 0.2) is 0 Å². The number of carbonyl (C=O) groups is 3. The standard InChI is InChI=1S/C9H17N3O5S/c1-18(17)4-2-3-11-9(16)12-6(8(14)15)5-7(10)13/h6H,2-5H2,1H3,(H2,10,13)(H,14,15)(H2,11,12,16). The van der Waals surface area contributed by atoms with Crippen molar-refractivity contribution in [3.63, 3.8) is 0 Å². The van der Waals surface area contributed by atoms with Gasteiger partial charge in [-0.2, -0.15) is 0 Å². The summed E-state index contributed by atoms with van der Waals surface area (Å²) in [6.45, 7) is 0.272. The van der Waals surface area contributed by atoms with Crippen molar-refractivity contribution in [3.05, 3.63) is 0 Å². The molecular weight excluding hydrogens is 262 g/mol. The minimum Gasteiger partial charge on any atom is -0.480 e. The number of aliphatic carboxylic acids is 1. The Morgan fingerprint density at radius 3 is 2.44 bits per heavy atom. The van der Waals surface area contributed by atoms with E-state index < -0.39 is 41.2 Å². The van der Waals surface area contributed by atoms with Gasteiger partial charge in [-0.1, -0.05) is 0 Å². The Labute approximate surface area is 107 Å². The topological polar surface area (TPSA) is 139 Å². The zero-order valence-electron chi connectivity index (χ0n) is 9.97. The van der Waals surface area contributed by atoms with Gasteiger partial charge in [0.05, 0.1) is 6.42 Å². The van der Waals surface area contributed by atoms with Gasteiger partial charge in [-0.25, -0.2) is 9.59 Å². The van der Waals surface area contributed by atoms with Gasteiger partial charge in [-0.15, -0.1) is 0 Å². The van der Waals surface area contributed by atoms with Crippen LogP contribution in [0.5, 0.6) is 0 Å². The Bertz CT molecular complexity index is 347. The highest BCUT2D eigenvalue weighted by Gasteiger charge is 2.21. The number of nitrogens with two attached hydrogens (primary N) is 1. The molecule has 2 atom stereocenters. The average molecular weight is 279 g/mol. The molecule has 0 radical (unpaired) electrons. The first-order valence-corrected chi connectivity index (χ1v) is 6.91. The SMILES string of the molecule is CS(=O)CCCNC(=O)NC(CC(N)=O)C(=O)O. The lowest BCUT2D eigenvalue weighted by Gasteiger charge is -2.13. The van der Waals surface area contributed by atoms with Crippen molar-refractivity contribution in [2.75, 3.05) is 18.6 Å². The molecule has 0 aromatic rings. The lowest BCUT2D eigenvalue weighted by molar-refractivity contribution is -0.140. The fourth-order valence-corrected chi connectivity index (χ4v) is 1.64. The number of hydrogen-bond acceptors (Lipinski definition) is 4. The summed E-state index contributed by atoms with van der Waals surface area (Å²) in [5.41, 5.74) is 4.85. The van der Waals surface area contributed by atoms with E-state index in [-0.39, 0.29) is 6.54 Å². The van der Waals surface area contributed by atoms with Gasteiger partial charge in [0.25, 0.3) is 0 Å². The smallest absolute Gasteiger partial charge is 0.326 e. The van der Waals surface area contributed by atoms with Gasteiger partial charge in [0, 0.05) is 29.4 Å². The van der Waals surface area contributed by atoms with E-state index in [1.807, 2.05) is 0 Å². The molecule has 0 aliphatic rings. The fraction of sp³-hybridized carbons (Fsp3) is 0.667. The van der Waals surface area contributed by atoms with E-state index >= 15 is 0 Å². The number of nitrogens with one attached hydrogen (secondary N) is 2. The van der Waals surface area contributed by atoms with E-state index in [2.05, 4.69) is 10.6 Å². The molecule has 3 amide bonds. The molecule has 0 heterocycles. The molecule has 0 fully saturated rings. The molecular formula is C9H17N3O5S. The number of hydrogen-bond donors (Lipinski definition) is 4. The normalized spacial score (nSPS) is 13.4. The molecule has 0 rings (SSSR count). The summed E-state index contributed by atoms with van der Waals surface area (Å²) >= 11 is 0. The number of carboxylic acid groups (broad SMARTS) is 1. The monoisotopic (exact) mass is 279 g/mol. The summed E-state index contributed by atoms with van der Waals surface area (Å²) in [6.07, 6.45) is 1.60. The number of carboxylic acids is 1. The number of urea groups is 1. The van der Waals surface area contributed by atoms with Crippen molar-refractivity contribution in [2.45, 2.75) is 18.9 Å². The van der Waals surface area contributed by atoms with E-state index in [4.69, 9.17) is 10.8 Å². The van der Waals surface area contributed by atoms with Crippen LogP contribution in [0.25, 0.3) is 0 Å². The largest absolute Gasteiger partial charge is 0.480 e. The number of rotatable bonds is 8. The van der Waals surface area contributed by atoms with Gasteiger partial charge in [0.2, 0.25) is 5.91 Å². The van der Waals surface area contributed by atoms with Crippen LogP contribution in [0.3, 0.4) is 0 Å². The molecule has 9 heteroatoms. The number of amides is 3. The molecule has 18 heavy (non-hydrogen) atoms. The average Bonchev–Trinajstić information content (AvgIpc) is 2.22. The van der Waals surface area contributed by atoms with Crippen molar-refractivity contribution >= 4 is 28.7 Å². The Morgan fingerprint density at radius 2 is 2.00 bits per heavy atom. The summed E-state index contributed by atoms with van der Waals surface area (Å²) < 4.78 is 10.7. The van der Waals surface area contributed by atoms with Crippen molar-refractivity contribution < 1.29 is 23.7 Å².